The van der Waals surface area contributed by atoms with Gasteiger partial charge >= 0.3 is 6.18 Å². The second kappa shape index (κ2) is 10.7. The van der Waals surface area contributed by atoms with Crippen LogP contribution in [-0.4, -0.2) is 72.0 Å². The number of nitrogens with zero attached hydrogens (tertiary/aromatic N) is 6. The number of rotatable bonds is 6. The summed E-state index contributed by atoms with van der Waals surface area (Å²) in [7, 11) is 1.31. The molecule has 0 bridgehead atoms. The first-order valence-corrected chi connectivity index (χ1v) is 12.8. The second-order valence-electron chi connectivity index (χ2n) is 8.47. The van der Waals surface area contributed by atoms with Crippen LogP contribution in [0.15, 0.2) is 36.0 Å². The van der Waals surface area contributed by atoms with Gasteiger partial charge in [-0.15, -0.1) is 16.4 Å². The topological polar surface area (TPSA) is 120 Å². The van der Waals surface area contributed by atoms with Crippen molar-refractivity contribution in [3.05, 3.63) is 63.2 Å². The molecule has 0 aliphatic carbocycles. The van der Waals surface area contributed by atoms with Crippen LogP contribution >= 0.6 is 34.5 Å². The summed E-state index contributed by atoms with van der Waals surface area (Å²) in [6, 6.07) is 1.44. The zero-order valence-electron chi connectivity index (χ0n) is 19.6. The van der Waals surface area contributed by atoms with Gasteiger partial charge in [0.1, 0.15) is 52.1 Å². The maximum Gasteiger partial charge on any atom is 0.418 e. The fourth-order valence-corrected chi connectivity index (χ4v) is 5.51. The van der Waals surface area contributed by atoms with Gasteiger partial charge in [0.25, 0.3) is 0 Å². The van der Waals surface area contributed by atoms with Crippen LogP contribution in [0.4, 0.5) is 17.6 Å². The number of ether oxygens (including phenoxy) is 2. The first-order valence-electron chi connectivity index (χ1n) is 11.1. The fraction of sp³-hybridized carbons (Fsp3) is 0.364. The number of alkyl halides is 3. The minimum atomic E-state index is -4.94. The molecular weight excluding hydrogens is 591 g/mol. The number of halogens is 6. The number of benzene rings is 1. The van der Waals surface area contributed by atoms with Crippen LogP contribution in [0.3, 0.4) is 0 Å². The molecule has 1 saturated heterocycles. The van der Waals surface area contributed by atoms with Crippen molar-refractivity contribution in [2.24, 2.45) is 0 Å². The van der Waals surface area contributed by atoms with E-state index >= 15 is 0 Å². The zero-order chi connectivity index (χ0) is 28.1. The molecule has 208 valence electrons. The van der Waals surface area contributed by atoms with Crippen molar-refractivity contribution >= 4 is 34.5 Å². The highest BCUT2D eigenvalue weighted by molar-refractivity contribution is 7.13. The third-order valence-electron chi connectivity index (χ3n) is 6.19. The molecule has 4 heterocycles. The average Bonchev–Trinajstić information content (AvgIpc) is 3.65. The van der Waals surface area contributed by atoms with E-state index in [2.05, 4.69) is 20.4 Å². The molecule has 2 N–H and O–H groups in total. The second-order valence-corrected chi connectivity index (χ2v) is 10.1. The van der Waals surface area contributed by atoms with Gasteiger partial charge in [-0.1, -0.05) is 28.4 Å². The van der Waals surface area contributed by atoms with Gasteiger partial charge in [-0.25, -0.2) is 18.7 Å². The van der Waals surface area contributed by atoms with Crippen LogP contribution < -0.4 is 0 Å². The van der Waals surface area contributed by atoms with E-state index in [9.17, 15) is 27.8 Å². The van der Waals surface area contributed by atoms with Crippen LogP contribution in [0.5, 0.6) is 0 Å². The molecule has 0 spiro atoms. The Morgan fingerprint density at radius 1 is 1.26 bits per heavy atom. The van der Waals surface area contributed by atoms with Crippen molar-refractivity contribution < 1.29 is 37.2 Å². The number of hydrogen-bond donors (Lipinski definition) is 2. The number of aliphatic hydroxyl groups excluding tert-OH is 2. The van der Waals surface area contributed by atoms with Gasteiger partial charge in [0.15, 0.2) is 0 Å². The zero-order valence-corrected chi connectivity index (χ0v) is 22.0. The molecule has 1 aliphatic rings. The summed E-state index contributed by atoms with van der Waals surface area (Å²) >= 11 is 13.0. The van der Waals surface area contributed by atoms with Crippen molar-refractivity contribution in [1.29, 1.82) is 0 Å². The number of aliphatic hydroxyl groups is 2. The molecule has 1 aromatic carbocycles. The summed E-state index contributed by atoms with van der Waals surface area (Å²) < 4.78 is 69.4. The molecule has 0 radical (unpaired) electrons. The largest absolute Gasteiger partial charge is 0.418 e. The quantitative estimate of drug-likeness (QED) is 0.314. The molecule has 5 atom stereocenters. The molecule has 0 saturated carbocycles. The fourth-order valence-electron chi connectivity index (χ4n) is 4.46. The van der Waals surface area contributed by atoms with Crippen molar-refractivity contribution in [3.63, 3.8) is 0 Å². The van der Waals surface area contributed by atoms with E-state index in [0.29, 0.717) is 10.7 Å². The Balaban J connectivity index is 1.60. The van der Waals surface area contributed by atoms with Gasteiger partial charge in [0, 0.05) is 18.7 Å². The highest BCUT2D eigenvalue weighted by atomic mass is 35.5. The van der Waals surface area contributed by atoms with Gasteiger partial charge in [-0.2, -0.15) is 18.3 Å². The van der Waals surface area contributed by atoms with Gasteiger partial charge in [-0.3, -0.25) is 0 Å². The van der Waals surface area contributed by atoms with Gasteiger partial charge in [-0.05, 0) is 18.2 Å². The molecule has 3 aromatic heterocycles. The Morgan fingerprint density at radius 3 is 2.67 bits per heavy atom. The molecule has 39 heavy (non-hydrogen) atoms. The summed E-state index contributed by atoms with van der Waals surface area (Å²) in [5.74, 6) is -1.25. The third kappa shape index (κ3) is 5.15. The van der Waals surface area contributed by atoms with Crippen LogP contribution in [-0.2, 0) is 15.7 Å². The predicted octanol–water partition coefficient (Wildman–Crippen LogP) is 4.10. The van der Waals surface area contributed by atoms with E-state index in [4.69, 9.17) is 32.7 Å². The van der Waals surface area contributed by atoms with Crippen LogP contribution in [0.25, 0.3) is 16.4 Å². The molecule has 4 aromatic rings. The Bertz CT molecular complexity index is 1480. The predicted molar refractivity (Wildman–Crippen MR) is 130 cm³/mol. The molecule has 0 amide bonds. The van der Waals surface area contributed by atoms with Crippen LogP contribution in [0.1, 0.15) is 23.4 Å². The molecule has 5 rings (SSSR count). The first kappa shape index (κ1) is 27.9. The lowest BCUT2D eigenvalue weighted by Gasteiger charge is -2.43. The van der Waals surface area contributed by atoms with E-state index in [-0.39, 0.29) is 16.9 Å². The Labute approximate surface area is 231 Å². The van der Waals surface area contributed by atoms with Crippen LogP contribution in [0, 0.1) is 5.82 Å². The van der Waals surface area contributed by atoms with Crippen LogP contribution in [0.2, 0.25) is 10.2 Å². The number of hydrogen-bond acceptors (Lipinski definition) is 9. The molecule has 17 heteroatoms. The van der Waals surface area contributed by atoms with Crippen molar-refractivity contribution in [2.75, 3.05) is 13.7 Å². The minimum Gasteiger partial charge on any atom is -0.394 e. The van der Waals surface area contributed by atoms with E-state index in [1.807, 2.05) is 0 Å². The Kier molecular flexibility index (Phi) is 7.67. The smallest absolute Gasteiger partial charge is 0.394 e. The Morgan fingerprint density at radius 2 is 2.03 bits per heavy atom. The lowest BCUT2D eigenvalue weighted by atomic mass is 9.90. The summed E-state index contributed by atoms with van der Waals surface area (Å²) in [5.41, 5.74) is -1.48. The number of aromatic nitrogens is 6. The summed E-state index contributed by atoms with van der Waals surface area (Å²) in [4.78, 5) is 4.14. The number of thiazole rings is 1. The van der Waals surface area contributed by atoms with E-state index < -0.39 is 65.3 Å². The van der Waals surface area contributed by atoms with Crippen molar-refractivity contribution in [1.82, 2.24) is 29.8 Å². The van der Waals surface area contributed by atoms with Gasteiger partial charge in [0.05, 0.1) is 34.8 Å². The lowest BCUT2D eigenvalue weighted by Crippen LogP contribution is -2.53. The normalized spacial score (nSPS) is 23.9. The molecule has 1 aliphatic heterocycles. The maximum absolute atomic E-state index is 14.0. The summed E-state index contributed by atoms with van der Waals surface area (Å²) in [5, 5.41) is 35.0. The van der Waals surface area contributed by atoms with Gasteiger partial charge < -0.3 is 19.7 Å². The maximum atomic E-state index is 14.0. The molecule has 10 nitrogen and oxygen atoms in total. The van der Waals surface area contributed by atoms with Crippen molar-refractivity contribution in [2.45, 2.75) is 36.6 Å². The minimum absolute atomic E-state index is 0.0532. The molecular formula is C22H18Cl2F4N6O4S. The van der Waals surface area contributed by atoms with Crippen molar-refractivity contribution in [3.8, 4) is 16.4 Å². The van der Waals surface area contributed by atoms with E-state index in [0.717, 1.165) is 10.7 Å². The molecule has 1 fully saturated rings. The highest BCUT2D eigenvalue weighted by Gasteiger charge is 2.49. The average molecular weight is 609 g/mol. The van der Waals surface area contributed by atoms with E-state index in [1.165, 1.54) is 41.6 Å². The monoisotopic (exact) mass is 608 g/mol. The molecule has 0 unspecified atom stereocenters. The standard InChI is InChI=1S/C22H18Cl2F4N6O4S/c1-37-20-17(33-6-12(31-32-33)21-30-16(24)8-39-21)18(36)15(7-35)38-19(20)13-2-3-29-34(13)14-5-10(23)11(25)4-9(14)22(26,27)28/h2-6,8,15,17-20,35-36H,7H2,1H3/t15-,17+,18+,19+,20-/m1/s1. The Hall–Kier alpha value is -2.66. The number of methoxy groups -OCH3 is 1. The van der Waals surface area contributed by atoms with E-state index in [1.54, 1.807) is 5.38 Å². The lowest BCUT2D eigenvalue weighted by molar-refractivity contribution is -0.216. The summed E-state index contributed by atoms with van der Waals surface area (Å²) in [6.45, 7) is -0.640. The highest BCUT2D eigenvalue weighted by Crippen LogP contribution is 2.42. The SMILES string of the molecule is CO[C@@H]1[C@@H](n2cc(-c3nc(Cl)cs3)nn2)[C@@H](O)[C@@H](CO)O[C@H]1c1ccnn1-c1cc(Cl)c(F)cc1C(F)(F)F. The third-order valence-corrected chi connectivity index (χ3v) is 7.66. The first-order chi connectivity index (χ1) is 18.5. The van der Waals surface area contributed by atoms with Gasteiger partial charge in [0.2, 0.25) is 0 Å². The summed E-state index contributed by atoms with van der Waals surface area (Å²) in [6.07, 6.45) is -7.06.